The van der Waals surface area contributed by atoms with E-state index < -0.39 is 20.7 Å². The number of likely N-dealkylation sites (tertiary alicyclic amines) is 1. The Morgan fingerprint density at radius 3 is 2.19 bits per heavy atom. The molecule has 37 heavy (non-hydrogen) atoms. The summed E-state index contributed by atoms with van der Waals surface area (Å²) >= 11 is 0. The number of piperidine rings is 1. The first-order valence-electron chi connectivity index (χ1n) is 13.7. The average molecular weight is 540 g/mol. The number of nitrogens with one attached hydrogen (secondary N) is 1. The SMILES string of the molecule is CCCCOc1ccc(N2CCN(S(=O)(=O)C3(C(=O)NO)CCN(CCN(CC)CC)CC3)CC2)cc1. The maximum absolute atomic E-state index is 13.8. The van der Waals surface area contributed by atoms with Crippen LogP contribution in [-0.2, 0) is 14.8 Å². The van der Waals surface area contributed by atoms with Gasteiger partial charge in [-0.1, -0.05) is 27.2 Å². The van der Waals surface area contributed by atoms with Gasteiger partial charge in [0, 0.05) is 58.0 Å². The van der Waals surface area contributed by atoms with Crippen molar-refractivity contribution in [3.8, 4) is 5.75 Å². The van der Waals surface area contributed by atoms with E-state index in [2.05, 4.69) is 35.5 Å². The van der Waals surface area contributed by atoms with Crippen LogP contribution in [0.3, 0.4) is 0 Å². The Balaban J connectivity index is 1.61. The number of hydrogen-bond acceptors (Lipinski definition) is 8. The third kappa shape index (κ3) is 6.94. The zero-order valence-electron chi connectivity index (χ0n) is 22.7. The van der Waals surface area contributed by atoms with Gasteiger partial charge in [0.1, 0.15) is 5.75 Å². The highest BCUT2D eigenvalue weighted by atomic mass is 32.2. The third-order valence-corrected chi connectivity index (χ3v) is 10.5. The van der Waals surface area contributed by atoms with Crippen molar-refractivity contribution in [1.82, 2.24) is 19.6 Å². The van der Waals surface area contributed by atoms with Crippen molar-refractivity contribution in [2.75, 3.05) is 77.0 Å². The number of hydroxylamine groups is 1. The molecule has 3 rings (SSSR count). The molecule has 2 aliphatic rings. The highest BCUT2D eigenvalue weighted by Gasteiger charge is 2.55. The summed E-state index contributed by atoms with van der Waals surface area (Å²) in [6.07, 6.45) is 2.43. The summed E-state index contributed by atoms with van der Waals surface area (Å²) in [4.78, 5) is 19.5. The van der Waals surface area contributed by atoms with Crippen LogP contribution in [0.4, 0.5) is 5.69 Å². The lowest BCUT2D eigenvalue weighted by molar-refractivity contribution is -0.133. The Morgan fingerprint density at radius 2 is 1.65 bits per heavy atom. The lowest BCUT2D eigenvalue weighted by Crippen LogP contribution is -2.63. The van der Waals surface area contributed by atoms with Crippen LogP contribution < -0.4 is 15.1 Å². The molecule has 11 heteroatoms. The molecular weight excluding hydrogens is 494 g/mol. The number of carbonyl (C=O) groups excluding carboxylic acids is 1. The number of piperazine rings is 1. The van der Waals surface area contributed by atoms with Gasteiger partial charge in [0.25, 0.3) is 5.91 Å². The minimum Gasteiger partial charge on any atom is -0.494 e. The first kappa shape index (κ1) is 29.6. The number of carbonyl (C=O) groups is 1. The molecule has 0 saturated carbocycles. The topological polar surface area (TPSA) is 106 Å². The Bertz CT molecular complexity index is 939. The van der Waals surface area contributed by atoms with Crippen LogP contribution in [0.2, 0.25) is 0 Å². The standard InChI is InChI=1S/C26H45N5O5S/c1-4-7-22-36-24-10-8-23(9-11-24)30-18-20-31(21-19-30)37(34,35)26(25(32)27-33)12-14-29(15-13-26)17-16-28(5-2)6-3/h8-11,33H,4-7,12-22H2,1-3H3,(H,27,32). The molecule has 2 N–H and O–H groups in total. The molecule has 1 amide bonds. The second-order valence-electron chi connectivity index (χ2n) is 9.89. The van der Waals surface area contributed by atoms with Gasteiger partial charge in [0.05, 0.1) is 6.61 Å². The Hall–Kier alpha value is -1.92. The fraction of sp³-hybridized carbons (Fsp3) is 0.731. The lowest BCUT2D eigenvalue weighted by Gasteiger charge is -2.44. The van der Waals surface area contributed by atoms with Gasteiger partial charge in [-0.3, -0.25) is 10.0 Å². The predicted octanol–water partition coefficient (Wildman–Crippen LogP) is 2.00. The molecule has 1 aromatic rings. The van der Waals surface area contributed by atoms with E-state index in [0.29, 0.717) is 45.9 Å². The summed E-state index contributed by atoms with van der Waals surface area (Å²) in [6, 6.07) is 7.89. The normalized spacial score (nSPS) is 19.2. The number of benzene rings is 1. The Kier molecular flexibility index (Phi) is 11.0. The maximum atomic E-state index is 13.8. The second-order valence-corrected chi connectivity index (χ2v) is 12.1. The van der Waals surface area contributed by atoms with Crippen molar-refractivity contribution in [2.24, 2.45) is 0 Å². The molecule has 0 spiro atoms. The maximum Gasteiger partial charge on any atom is 0.266 e. The minimum atomic E-state index is -3.97. The van der Waals surface area contributed by atoms with Crippen molar-refractivity contribution in [2.45, 2.75) is 51.2 Å². The molecule has 0 atom stereocenters. The van der Waals surface area contributed by atoms with Crippen LogP contribution >= 0.6 is 0 Å². The van der Waals surface area contributed by atoms with Crippen molar-refractivity contribution in [3.05, 3.63) is 24.3 Å². The van der Waals surface area contributed by atoms with E-state index in [-0.39, 0.29) is 12.8 Å². The molecule has 2 heterocycles. The molecule has 10 nitrogen and oxygen atoms in total. The summed E-state index contributed by atoms with van der Waals surface area (Å²) in [5.74, 6) is 0.00999. The predicted molar refractivity (Wildman–Crippen MR) is 146 cm³/mol. The molecule has 2 saturated heterocycles. The summed E-state index contributed by atoms with van der Waals surface area (Å²) in [5.41, 5.74) is 2.69. The number of sulfonamides is 1. The minimum absolute atomic E-state index is 0.166. The number of anilines is 1. The third-order valence-electron chi connectivity index (χ3n) is 7.85. The summed E-state index contributed by atoms with van der Waals surface area (Å²) in [7, 11) is -3.97. The van der Waals surface area contributed by atoms with Crippen LogP contribution in [0.25, 0.3) is 0 Å². The van der Waals surface area contributed by atoms with E-state index in [1.807, 2.05) is 24.3 Å². The van der Waals surface area contributed by atoms with E-state index in [4.69, 9.17) is 4.74 Å². The first-order chi connectivity index (χ1) is 17.8. The Morgan fingerprint density at radius 1 is 1.03 bits per heavy atom. The number of likely N-dealkylation sites (N-methyl/N-ethyl adjacent to an activating group) is 1. The molecular formula is C26H45N5O5S. The zero-order valence-corrected chi connectivity index (χ0v) is 23.5. The number of nitrogens with zero attached hydrogens (tertiary/aromatic N) is 4. The van der Waals surface area contributed by atoms with Crippen molar-refractivity contribution < 1.29 is 23.2 Å². The highest BCUT2D eigenvalue weighted by Crippen LogP contribution is 2.34. The van der Waals surface area contributed by atoms with Gasteiger partial charge in [-0.05, 0) is 56.6 Å². The van der Waals surface area contributed by atoms with Gasteiger partial charge >= 0.3 is 0 Å². The van der Waals surface area contributed by atoms with Gasteiger partial charge in [0.15, 0.2) is 4.75 Å². The molecule has 0 unspecified atom stereocenters. The zero-order chi connectivity index (χ0) is 26.9. The van der Waals surface area contributed by atoms with Crippen LogP contribution in [0.1, 0.15) is 46.5 Å². The number of hydrogen-bond donors (Lipinski definition) is 2. The lowest BCUT2D eigenvalue weighted by atomic mass is 9.95. The van der Waals surface area contributed by atoms with Crippen LogP contribution in [0, 0.1) is 0 Å². The fourth-order valence-corrected chi connectivity index (χ4v) is 7.30. The molecule has 210 valence electrons. The van der Waals surface area contributed by atoms with Gasteiger partial charge in [-0.25, -0.2) is 13.9 Å². The largest absolute Gasteiger partial charge is 0.494 e. The van der Waals surface area contributed by atoms with Gasteiger partial charge in [-0.2, -0.15) is 4.31 Å². The molecule has 0 bridgehead atoms. The fourth-order valence-electron chi connectivity index (χ4n) is 5.19. The van der Waals surface area contributed by atoms with Crippen LogP contribution in [-0.4, -0.2) is 110 Å². The summed E-state index contributed by atoms with van der Waals surface area (Å²) < 4.78 is 33.2. The average Bonchev–Trinajstić information content (AvgIpc) is 2.94. The monoisotopic (exact) mass is 539 g/mol. The van der Waals surface area contributed by atoms with Crippen molar-refractivity contribution in [3.63, 3.8) is 0 Å². The molecule has 0 aliphatic carbocycles. The number of amides is 1. The van der Waals surface area contributed by atoms with E-state index in [9.17, 15) is 18.4 Å². The summed E-state index contributed by atoms with van der Waals surface area (Å²) in [5, 5.41) is 9.48. The molecule has 1 aromatic carbocycles. The molecule has 2 aliphatic heterocycles. The molecule has 0 aromatic heterocycles. The van der Waals surface area contributed by atoms with Gasteiger partial charge < -0.3 is 19.4 Å². The smallest absolute Gasteiger partial charge is 0.266 e. The van der Waals surface area contributed by atoms with E-state index in [0.717, 1.165) is 50.5 Å². The number of rotatable bonds is 13. The van der Waals surface area contributed by atoms with Crippen molar-refractivity contribution >= 4 is 21.6 Å². The summed E-state index contributed by atoms with van der Waals surface area (Å²) in [6.45, 7) is 13.4. The van der Waals surface area contributed by atoms with Crippen LogP contribution in [0.5, 0.6) is 5.75 Å². The quantitative estimate of drug-likeness (QED) is 0.223. The van der Waals surface area contributed by atoms with Gasteiger partial charge in [0.2, 0.25) is 10.0 Å². The Labute approximate surface area is 222 Å². The molecule has 2 fully saturated rings. The van der Waals surface area contributed by atoms with E-state index in [1.54, 1.807) is 5.48 Å². The van der Waals surface area contributed by atoms with Crippen LogP contribution in [0.15, 0.2) is 24.3 Å². The number of ether oxygens (including phenoxy) is 1. The van der Waals surface area contributed by atoms with Crippen molar-refractivity contribution in [1.29, 1.82) is 0 Å². The number of unbranched alkanes of at least 4 members (excludes halogenated alkanes) is 1. The molecule has 0 radical (unpaired) electrons. The second kappa shape index (κ2) is 13.7. The first-order valence-corrected chi connectivity index (χ1v) is 15.1. The van der Waals surface area contributed by atoms with E-state index >= 15 is 0 Å². The highest BCUT2D eigenvalue weighted by molar-refractivity contribution is 7.91. The van der Waals surface area contributed by atoms with E-state index in [1.165, 1.54) is 4.31 Å². The van der Waals surface area contributed by atoms with Gasteiger partial charge in [-0.15, -0.1) is 0 Å².